The Balaban J connectivity index is 2.40. The first-order valence-corrected chi connectivity index (χ1v) is 5.67. The van der Waals surface area contributed by atoms with Crippen LogP contribution in [0.5, 0.6) is 0 Å². The number of rotatable bonds is 2. The molecule has 0 saturated carbocycles. The normalized spacial score (nSPS) is 26.0. The maximum absolute atomic E-state index is 11.3. The van der Waals surface area contributed by atoms with Crippen molar-refractivity contribution in [3.8, 4) is 0 Å². The third-order valence-electron chi connectivity index (χ3n) is 3.08. The molecule has 1 heterocycles. The molecule has 1 aromatic carbocycles. The van der Waals surface area contributed by atoms with Gasteiger partial charge in [0.15, 0.2) is 0 Å². The van der Waals surface area contributed by atoms with E-state index in [4.69, 9.17) is 4.74 Å². The first-order chi connectivity index (χ1) is 8.47. The van der Waals surface area contributed by atoms with E-state index in [-0.39, 0.29) is 0 Å². The van der Waals surface area contributed by atoms with Crippen molar-refractivity contribution in [2.75, 3.05) is 0 Å². The van der Waals surface area contributed by atoms with E-state index in [2.05, 4.69) is 0 Å². The number of hydrogen-bond acceptors (Lipinski definition) is 3. The summed E-state index contributed by atoms with van der Waals surface area (Å²) in [5.74, 6) is 0. The van der Waals surface area contributed by atoms with Crippen LogP contribution in [0, 0.1) is 0 Å². The molecule has 1 amide bonds. The third-order valence-corrected chi connectivity index (χ3v) is 3.08. The summed E-state index contributed by atoms with van der Waals surface area (Å²) in [6.45, 7) is 3.28. The summed E-state index contributed by atoms with van der Waals surface area (Å²) < 4.78 is 5.73. The lowest BCUT2D eigenvalue weighted by Gasteiger charge is -2.28. The maximum Gasteiger partial charge on any atom is 0.410 e. The molecule has 2 atom stereocenters. The first-order valence-electron chi connectivity index (χ1n) is 5.67. The number of carbonyl (C=O) groups is 2. The zero-order valence-corrected chi connectivity index (χ0v) is 10.2. The van der Waals surface area contributed by atoms with Gasteiger partial charge in [-0.2, -0.15) is 0 Å². The molecule has 0 spiro atoms. The summed E-state index contributed by atoms with van der Waals surface area (Å²) in [4.78, 5) is 23.5. The average Bonchev–Trinajstić information content (AvgIpc) is 2.61. The van der Waals surface area contributed by atoms with Crippen LogP contribution in [0.3, 0.4) is 0 Å². The molecular weight excluding hydrogens is 234 g/mol. The van der Waals surface area contributed by atoms with E-state index in [1.54, 1.807) is 13.8 Å². The summed E-state index contributed by atoms with van der Waals surface area (Å²) in [7, 11) is 0. The summed E-state index contributed by atoms with van der Waals surface area (Å²) >= 11 is 0. The molecule has 0 unspecified atom stereocenters. The molecular formula is C13H15NO4. The van der Waals surface area contributed by atoms with Crippen LogP contribution in [0.2, 0.25) is 0 Å². The van der Waals surface area contributed by atoms with Crippen molar-refractivity contribution >= 4 is 12.4 Å². The Labute approximate surface area is 105 Å². The van der Waals surface area contributed by atoms with Crippen molar-refractivity contribution in [2.24, 2.45) is 0 Å². The van der Waals surface area contributed by atoms with Gasteiger partial charge in [-0.3, -0.25) is 4.90 Å². The van der Waals surface area contributed by atoms with E-state index in [1.807, 2.05) is 30.3 Å². The molecule has 0 radical (unpaired) electrons. The van der Waals surface area contributed by atoms with Crippen LogP contribution in [0.1, 0.15) is 25.5 Å². The fraction of sp³-hybridized carbons (Fsp3) is 0.385. The topological polar surface area (TPSA) is 66.8 Å². The zero-order valence-electron chi connectivity index (χ0n) is 10.2. The SMILES string of the molecule is CC1(C)O[C@H](c2ccccc2)[C@@H](C=O)N1C(=O)O. The first kappa shape index (κ1) is 12.6. The highest BCUT2D eigenvalue weighted by molar-refractivity contribution is 5.74. The van der Waals surface area contributed by atoms with E-state index in [1.165, 1.54) is 0 Å². The fourth-order valence-electron chi connectivity index (χ4n) is 2.33. The van der Waals surface area contributed by atoms with Gasteiger partial charge in [-0.1, -0.05) is 30.3 Å². The lowest BCUT2D eigenvalue weighted by atomic mass is 10.0. The van der Waals surface area contributed by atoms with Crippen molar-refractivity contribution in [3.05, 3.63) is 35.9 Å². The second-order valence-corrected chi connectivity index (χ2v) is 4.68. The highest BCUT2D eigenvalue weighted by Gasteiger charge is 2.50. The Morgan fingerprint density at radius 2 is 2.00 bits per heavy atom. The van der Waals surface area contributed by atoms with Gasteiger partial charge in [-0.05, 0) is 19.4 Å². The summed E-state index contributed by atoms with van der Waals surface area (Å²) in [5.41, 5.74) is -0.218. The van der Waals surface area contributed by atoms with Crippen molar-refractivity contribution in [1.29, 1.82) is 0 Å². The third kappa shape index (κ3) is 1.97. The van der Waals surface area contributed by atoms with Gasteiger partial charge in [0, 0.05) is 0 Å². The predicted molar refractivity (Wildman–Crippen MR) is 64.1 cm³/mol. The Morgan fingerprint density at radius 1 is 1.39 bits per heavy atom. The Bertz CT molecular complexity index is 457. The quantitative estimate of drug-likeness (QED) is 0.814. The molecule has 1 aromatic rings. The molecule has 5 heteroatoms. The highest BCUT2D eigenvalue weighted by Crippen LogP contribution is 2.39. The zero-order chi connectivity index (χ0) is 13.3. The number of aldehydes is 1. The van der Waals surface area contributed by atoms with E-state index in [9.17, 15) is 14.7 Å². The minimum Gasteiger partial charge on any atom is -0.465 e. The molecule has 0 bridgehead atoms. The van der Waals surface area contributed by atoms with Gasteiger partial charge in [0.2, 0.25) is 0 Å². The van der Waals surface area contributed by atoms with Gasteiger partial charge in [0.05, 0.1) is 0 Å². The van der Waals surface area contributed by atoms with Crippen LogP contribution in [0.15, 0.2) is 30.3 Å². The van der Waals surface area contributed by atoms with Gasteiger partial charge in [0.1, 0.15) is 24.2 Å². The number of hydrogen-bond donors (Lipinski definition) is 1. The Morgan fingerprint density at radius 3 is 2.50 bits per heavy atom. The minimum absolute atomic E-state index is 0.560. The molecule has 5 nitrogen and oxygen atoms in total. The van der Waals surface area contributed by atoms with Gasteiger partial charge in [0.25, 0.3) is 0 Å². The van der Waals surface area contributed by atoms with Crippen LogP contribution < -0.4 is 0 Å². The van der Waals surface area contributed by atoms with E-state index < -0.39 is 24.0 Å². The Kier molecular flexibility index (Phi) is 3.09. The molecule has 1 saturated heterocycles. The number of benzene rings is 1. The van der Waals surface area contributed by atoms with Crippen LogP contribution in [0.25, 0.3) is 0 Å². The predicted octanol–water partition coefficient (Wildman–Crippen LogP) is 2.04. The number of ether oxygens (including phenoxy) is 1. The molecule has 1 aliphatic rings. The molecule has 0 aromatic heterocycles. The van der Waals surface area contributed by atoms with E-state index in [0.717, 1.165) is 10.5 Å². The van der Waals surface area contributed by atoms with Gasteiger partial charge >= 0.3 is 6.09 Å². The minimum atomic E-state index is -1.16. The van der Waals surface area contributed by atoms with Crippen molar-refractivity contribution in [2.45, 2.75) is 31.7 Å². The molecule has 96 valence electrons. The van der Waals surface area contributed by atoms with E-state index in [0.29, 0.717) is 6.29 Å². The number of carboxylic acid groups (broad SMARTS) is 1. The van der Waals surface area contributed by atoms with Crippen LogP contribution >= 0.6 is 0 Å². The van der Waals surface area contributed by atoms with Crippen molar-refractivity contribution in [3.63, 3.8) is 0 Å². The summed E-state index contributed by atoms with van der Waals surface area (Å²) in [5, 5.41) is 9.20. The van der Waals surface area contributed by atoms with Gasteiger partial charge in [-0.25, -0.2) is 4.79 Å². The highest BCUT2D eigenvalue weighted by atomic mass is 16.6. The number of nitrogens with zero attached hydrogens (tertiary/aromatic N) is 1. The summed E-state index contributed by atoms with van der Waals surface area (Å²) in [6, 6.07) is 8.34. The fourth-order valence-corrected chi connectivity index (χ4v) is 2.33. The lowest BCUT2D eigenvalue weighted by molar-refractivity contribution is -0.112. The molecule has 0 aliphatic carbocycles. The molecule has 1 aliphatic heterocycles. The van der Waals surface area contributed by atoms with Gasteiger partial charge in [-0.15, -0.1) is 0 Å². The van der Waals surface area contributed by atoms with E-state index >= 15 is 0 Å². The maximum atomic E-state index is 11.3. The summed E-state index contributed by atoms with van der Waals surface area (Å²) in [6.07, 6.45) is -1.09. The number of carbonyl (C=O) groups excluding carboxylic acids is 1. The van der Waals surface area contributed by atoms with Crippen LogP contribution in [-0.4, -0.2) is 34.2 Å². The molecule has 2 rings (SSSR count). The van der Waals surface area contributed by atoms with Gasteiger partial charge < -0.3 is 14.6 Å². The average molecular weight is 249 g/mol. The van der Waals surface area contributed by atoms with Crippen LogP contribution in [-0.2, 0) is 9.53 Å². The van der Waals surface area contributed by atoms with Crippen LogP contribution in [0.4, 0.5) is 4.79 Å². The second-order valence-electron chi connectivity index (χ2n) is 4.68. The smallest absolute Gasteiger partial charge is 0.410 e. The monoisotopic (exact) mass is 249 g/mol. The second kappa shape index (κ2) is 4.42. The van der Waals surface area contributed by atoms with Crippen molar-refractivity contribution in [1.82, 2.24) is 4.90 Å². The Hall–Kier alpha value is -1.88. The molecule has 1 N–H and O–H groups in total. The van der Waals surface area contributed by atoms with Crippen molar-refractivity contribution < 1.29 is 19.4 Å². The molecule has 1 fully saturated rings. The standard InChI is InChI=1S/C13H15NO4/c1-13(2)14(12(16)17)10(8-15)11(18-13)9-6-4-3-5-7-9/h3-8,10-11H,1-2H3,(H,16,17)/t10-,11-/m1/s1. The largest absolute Gasteiger partial charge is 0.465 e. The molecule has 18 heavy (non-hydrogen) atoms. The lowest BCUT2D eigenvalue weighted by Crippen LogP contribution is -2.47. The number of amides is 1.